The second kappa shape index (κ2) is 15.7. The van der Waals surface area contributed by atoms with Crippen LogP contribution in [0.5, 0.6) is 0 Å². The third-order valence-corrected chi connectivity index (χ3v) is 13.8. The van der Waals surface area contributed by atoms with Crippen LogP contribution < -0.4 is 9.80 Å². The zero-order valence-corrected chi connectivity index (χ0v) is 41.6. The molecule has 2 heterocycles. The van der Waals surface area contributed by atoms with Gasteiger partial charge in [-0.05, 0) is 158 Å². The molecule has 0 atom stereocenters. The van der Waals surface area contributed by atoms with Crippen molar-refractivity contribution in [2.45, 2.75) is 112 Å². The van der Waals surface area contributed by atoms with Crippen LogP contribution in [0.25, 0.3) is 54.6 Å². The lowest BCUT2D eigenvalue weighted by Gasteiger charge is -2.29. The predicted octanol–water partition coefficient (Wildman–Crippen LogP) is 19.1. The Morgan fingerprint density at radius 1 is 0.299 bits per heavy atom. The first-order valence-electron chi connectivity index (χ1n) is 23.9. The van der Waals surface area contributed by atoms with Crippen molar-refractivity contribution in [3.63, 3.8) is 0 Å². The van der Waals surface area contributed by atoms with Crippen LogP contribution in [0.2, 0.25) is 0 Å². The summed E-state index contributed by atoms with van der Waals surface area (Å²) in [6.07, 6.45) is 0. The summed E-state index contributed by atoms with van der Waals surface area (Å²) in [6, 6.07) is 56.1. The molecule has 0 saturated heterocycles. The van der Waals surface area contributed by atoms with Gasteiger partial charge in [0.1, 0.15) is 22.3 Å². The van der Waals surface area contributed by atoms with Gasteiger partial charge in [-0.25, -0.2) is 0 Å². The topological polar surface area (TPSA) is 32.8 Å². The Balaban J connectivity index is 1.05. The minimum atomic E-state index is 0.0554. The molecule has 2 aromatic heterocycles. The average Bonchev–Trinajstić information content (AvgIpc) is 3.80. The van der Waals surface area contributed by atoms with E-state index in [2.05, 4.69) is 251 Å². The average molecular weight is 881 g/mol. The summed E-state index contributed by atoms with van der Waals surface area (Å²) in [7, 11) is 0. The fourth-order valence-corrected chi connectivity index (χ4v) is 9.63. The molecule has 10 rings (SSSR count). The molecule has 0 fully saturated rings. The van der Waals surface area contributed by atoms with Crippen molar-refractivity contribution < 1.29 is 8.83 Å². The van der Waals surface area contributed by atoms with Crippen LogP contribution in [0.3, 0.4) is 0 Å². The van der Waals surface area contributed by atoms with Crippen molar-refractivity contribution in [2.24, 2.45) is 0 Å². The third-order valence-electron chi connectivity index (χ3n) is 13.8. The molecule has 0 unspecified atom stereocenters. The molecular formula is C63H64N2O2. The van der Waals surface area contributed by atoms with Gasteiger partial charge in [0.15, 0.2) is 0 Å². The van der Waals surface area contributed by atoms with Crippen LogP contribution >= 0.6 is 0 Å². The maximum absolute atomic E-state index is 6.77. The van der Waals surface area contributed by atoms with Gasteiger partial charge in [-0.2, -0.15) is 0 Å². The Hall–Kier alpha value is -6.78. The van der Waals surface area contributed by atoms with Gasteiger partial charge in [-0.1, -0.05) is 132 Å². The highest BCUT2D eigenvalue weighted by Gasteiger charge is 2.23. The van der Waals surface area contributed by atoms with E-state index < -0.39 is 0 Å². The van der Waals surface area contributed by atoms with E-state index in [0.29, 0.717) is 0 Å². The lowest BCUT2D eigenvalue weighted by molar-refractivity contribution is 0.589. The summed E-state index contributed by atoms with van der Waals surface area (Å²) in [5.41, 5.74) is 16.7. The van der Waals surface area contributed by atoms with Crippen LogP contribution in [0, 0.1) is 6.92 Å². The van der Waals surface area contributed by atoms with E-state index in [1.807, 2.05) is 0 Å². The molecule has 0 radical (unpaired) electrons. The molecule has 0 aliphatic carbocycles. The van der Waals surface area contributed by atoms with Crippen LogP contribution in [-0.4, -0.2) is 0 Å². The number of fused-ring (bicyclic) bond motifs is 7. The van der Waals surface area contributed by atoms with Crippen LogP contribution in [0.1, 0.15) is 111 Å². The van der Waals surface area contributed by atoms with Crippen LogP contribution in [-0.2, 0) is 21.7 Å². The van der Waals surface area contributed by atoms with Crippen molar-refractivity contribution in [2.75, 3.05) is 9.80 Å². The highest BCUT2D eigenvalue weighted by molar-refractivity contribution is 6.15. The van der Waals surface area contributed by atoms with Gasteiger partial charge in [0, 0.05) is 67.8 Å². The Morgan fingerprint density at radius 3 is 1.01 bits per heavy atom. The fraction of sp³-hybridized carbons (Fsp3) is 0.270. The van der Waals surface area contributed by atoms with E-state index >= 15 is 0 Å². The van der Waals surface area contributed by atoms with Crippen molar-refractivity contribution >= 4 is 88.8 Å². The van der Waals surface area contributed by atoms with Gasteiger partial charge in [-0.15, -0.1) is 0 Å². The first-order chi connectivity index (χ1) is 31.6. The van der Waals surface area contributed by atoms with Gasteiger partial charge >= 0.3 is 0 Å². The molecule has 338 valence electrons. The van der Waals surface area contributed by atoms with Crippen molar-refractivity contribution in [3.8, 4) is 0 Å². The molecule has 0 N–H and O–H groups in total. The number of furan rings is 2. The van der Waals surface area contributed by atoms with E-state index in [4.69, 9.17) is 8.83 Å². The first kappa shape index (κ1) is 44.1. The van der Waals surface area contributed by atoms with E-state index in [9.17, 15) is 0 Å². The number of rotatable bonds is 6. The highest BCUT2D eigenvalue weighted by Crippen LogP contribution is 2.44. The van der Waals surface area contributed by atoms with Gasteiger partial charge in [-0.3, -0.25) is 0 Å². The number of nitrogens with zero attached hydrogens (tertiary/aromatic N) is 2. The second-order valence-electron chi connectivity index (χ2n) is 22.9. The lowest BCUT2D eigenvalue weighted by Crippen LogP contribution is -2.15. The van der Waals surface area contributed by atoms with Crippen molar-refractivity contribution in [1.29, 1.82) is 0 Å². The maximum Gasteiger partial charge on any atom is 0.137 e. The summed E-state index contributed by atoms with van der Waals surface area (Å²) >= 11 is 0. The van der Waals surface area contributed by atoms with Gasteiger partial charge in [0.2, 0.25) is 0 Å². The number of aryl methyl sites for hydroxylation is 1. The summed E-state index contributed by atoms with van der Waals surface area (Å²) in [5.74, 6) is 0. The Kier molecular flexibility index (Phi) is 10.3. The van der Waals surface area contributed by atoms with Crippen molar-refractivity contribution in [1.82, 2.24) is 0 Å². The monoisotopic (exact) mass is 880 g/mol. The lowest BCUT2D eigenvalue weighted by atomic mass is 9.85. The zero-order valence-electron chi connectivity index (χ0n) is 41.6. The fourth-order valence-electron chi connectivity index (χ4n) is 9.63. The highest BCUT2D eigenvalue weighted by atomic mass is 16.3. The van der Waals surface area contributed by atoms with E-state index in [1.54, 1.807) is 0 Å². The van der Waals surface area contributed by atoms with E-state index in [1.165, 1.54) is 27.8 Å². The van der Waals surface area contributed by atoms with Gasteiger partial charge < -0.3 is 18.6 Å². The van der Waals surface area contributed by atoms with Gasteiger partial charge in [0.05, 0.1) is 0 Å². The molecule has 0 amide bonds. The maximum atomic E-state index is 6.77. The summed E-state index contributed by atoms with van der Waals surface area (Å²) < 4.78 is 13.5. The van der Waals surface area contributed by atoms with E-state index in [0.717, 1.165) is 88.8 Å². The molecule has 4 heteroatoms. The quantitative estimate of drug-likeness (QED) is 0.167. The van der Waals surface area contributed by atoms with Gasteiger partial charge in [0.25, 0.3) is 0 Å². The molecule has 4 nitrogen and oxygen atoms in total. The third kappa shape index (κ3) is 8.15. The zero-order chi connectivity index (χ0) is 47.4. The molecule has 0 aliphatic rings. The minimum Gasteiger partial charge on any atom is -0.456 e. The predicted molar refractivity (Wildman–Crippen MR) is 287 cm³/mol. The summed E-state index contributed by atoms with van der Waals surface area (Å²) in [4.78, 5) is 4.70. The summed E-state index contributed by atoms with van der Waals surface area (Å²) in [5, 5.41) is 6.61. The van der Waals surface area contributed by atoms with Crippen LogP contribution in [0.4, 0.5) is 34.1 Å². The SMILES string of the molecule is Cc1cc(C(C)(C)C)ccc1N(c1ccc(C(C)(C)C)cc1)c1ccc2c(c1)oc1cc3cc4oc5cc(N(c6ccc(C(C)(C)C)cc6)c6ccc(C(C)(C)C)cc6)ccc5c4cc3cc12. The minimum absolute atomic E-state index is 0.0554. The Morgan fingerprint density at radius 2 is 0.627 bits per heavy atom. The normalized spacial score (nSPS) is 12.9. The van der Waals surface area contributed by atoms with E-state index in [-0.39, 0.29) is 21.7 Å². The first-order valence-corrected chi connectivity index (χ1v) is 23.9. The molecule has 0 spiro atoms. The Labute approximate surface area is 396 Å². The number of hydrogen-bond donors (Lipinski definition) is 0. The smallest absolute Gasteiger partial charge is 0.137 e. The molecular weight excluding hydrogens is 817 g/mol. The molecule has 0 bridgehead atoms. The molecule has 8 aromatic carbocycles. The summed E-state index contributed by atoms with van der Waals surface area (Å²) in [6.45, 7) is 29.4. The molecule has 67 heavy (non-hydrogen) atoms. The second-order valence-corrected chi connectivity index (χ2v) is 22.9. The number of benzene rings is 8. The standard InChI is InChI=1S/C63H64N2O2/c1-39-32-45(63(11,12)13)20-31-55(39)65(48-25-18-44(19-26-48)62(8,9)10)50-28-30-52-54-34-40-33-53-51-29-27-49(37-58(51)66-56(53)35-41(40)36-57(54)67-59(52)38-50)64(46-21-14-42(15-22-46)60(2,3)4)47-23-16-43(17-24-47)61(5,6)7/h14-38H,1-13H3. The molecule has 10 aromatic rings. The largest absolute Gasteiger partial charge is 0.456 e. The number of hydrogen-bond acceptors (Lipinski definition) is 4. The molecule has 0 aliphatic heterocycles. The molecule has 0 saturated carbocycles. The Bertz CT molecular complexity index is 3430. The van der Waals surface area contributed by atoms with Crippen LogP contribution in [0.15, 0.2) is 160 Å². The van der Waals surface area contributed by atoms with Crippen molar-refractivity contribution in [3.05, 3.63) is 179 Å². The number of anilines is 6.